The molecule has 1 heterocycles. The topological polar surface area (TPSA) is 85.1 Å². The Bertz CT molecular complexity index is 807. The van der Waals surface area contributed by atoms with E-state index in [0.717, 1.165) is 6.07 Å². The molecule has 0 fully saturated rings. The van der Waals surface area contributed by atoms with Gasteiger partial charge in [0.2, 0.25) is 5.03 Å². The quantitative estimate of drug-likeness (QED) is 0.840. The molecule has 0 aliphatic heterocycles. The van der Waals surface area contributed by atoms with Crippen molar-refractivity contribution in [1.29, 1.82) is 0 Å². The molecule has 0 bridgehead atoms. The SMILES string of the molecule is Cc1ccc(C(N)=S)cc1NS(=O)(=O)c1ncccc1F. The zero-order valence-electron chi connectivity index (χ0n) is 11.0. The minimum absolute atomic E-state index is 0.138. The van der Waals surface area contributed by atoms with Gasteiger partial charge < -0.3 is 5.73 Å². The number of aryl methyl sites for hydroxylation is 1. The molecule has 1 aromatic carbocycles. The molecule has 2 aromatic rings. The van der Waals surface area contributed by atoms with Crippen molar-refractivity contribution in [2.45, 2.75) is 11.9 Å². The summed E-state index contributed by atoms with van der Waals surface area (Å²) in [6.07, 6.45) is 1.20. The van der Waals surface area contributed by atoms with Crippen molar-refractivity contribution in [2.24, 2.45) is 5.73 Å². The third-order valence-electron chi connectivity index (χ3n) is 2.75. The van der Waals surface area contributed by atoms with Crippen LogP contribution < -0.4 is 10.5 Å². The highest BCUT2D eigenvalue weighted by atomic mass is 32.2. The fourth-order valence-electron chi connectivity index (χ4n) is 1.65. The molecule has 0 aliphatic rings. The van der Waals surface area contributed by atoms with Gasteiger partial charge in [0.15, 0.2) is 5.82 Å². The summed E-state index contributed by atoms with van der Waals surface area (Å²) in [5.41, 5.74) is 6.94. The van der Waals surface area contributed by atoms with Crippen LogP contribution in [-0.2, 0) is 10.0 Å². The molecular weight excluding hydrogens is 313 g/mol. The summed E-state index contributed by atoms with van der Waals surface area (Å²) in [7, 11) is -4.13. The number of aromatic nitrogens is 1. The molecule has 0 saturated heterocycles. The number of pyridine rings is 1. The molecule has 0 amide bonds. The minimum Gasteiger partial charge on any atom is -0.389 e. The molecule has 2 rings (SSSR count). The van der Waals surface area contributed by atoms with Gasteiger partial charge in [-0.1, -0.05) is 24.4 Å². The Balaban J connectivity index is 2.44. The molecule has 0 unspecified atom stereocenters. The molecule has 1 aromatic heterocycles. The van der Waals surface area contributed by atoms with Gasteiger partial charge in [0.25, 0.3) is 10.0 Å². The normalized spacial score (nSPS) is 11.1. The molecule has 5 nitrogen and oxygen atoms in total. The largest absolute Gasteiger partial charge is 0.389 e. The van der Waals surface area contributed by atoms with Gasteiger partial charge in [-0.2, -0.15) is 8.42 Å². The highest BCUT2D eigenvalue weighted by Gasteiger charge is 2.21. The Morgan fingerprint density at radius 1 is 1.38 bits per heavy atom. The lowest BCUT2D eigenvalue weighted by molar-refractivity contribution is 0.557. The molecule has 21 heavy (non-hydrogen) atoms. The first kappa shape index (κ1) is 15.3. The van der Waals surface area contributed by atoms with E-state index in [9.17, 15) is 12.8 Å². The van der Waals surface area contributed by atoms with Gasteiger partial charge in [0.05, 0.1) is 5.69 Å². The van der Waals surface area contributed by atoms with Crippen molar-refractivity contribution in [3.05, 3.63) is 53.5 Å². The number of thiocarbonyl (C=S) groups is 1. The van der Waals surface area contributed by atoms with Crippen molar-refractivity contribution in [1.82, 2.24) is 4.98 Å². The van der Waals surface area contributed by atoms with Crippen LogP contribution in [0.1, 0.15) is 11.1 Å². The molecule has 8 heteroatoms. The highest BCUT2D eigenvalue weighted by Crippen LogP contribution is 2.21. The predicted octanol–water partition coefficient (Wildman–Crippen LogP) is 1.96. The van der Waals surface area contributed by atoms with E-state index in [0.29, 0.717) is 11.1 Å². The van der Waals surface area contributed by atoms with Crippen LogP contribution in [-0.4, -0.2) is 18.4 Å². The molecule has 0 spiro atoms. The molecule has 3 N–H and O–H groups in total. The second-order valence-electron chi connectivity index (χ2n) is 4.29. The number of nitrogens with two attached hydrogens (primary N) is 1. The Kier molecular flexibility index (Phi) is 4.19. The van der Waals surface area contributed by atoms with Crippen molar-refractivity contribution in [3.8, 4) is 0 Å². The number of anilines is 1. The van der Waals surface area contributed by atoms with E-state index in [-0.39, 0.29) is 10.7 Å². The Morgan fingerprint density at radius 2 is 2.10 bits per heavy atom. The van der Waals surface area contributed by atoms with Crippen LogP contribution in [0.4, 0.5) is 10.1 Å². The number of nitrogens with one attached hydrogen (secondary N) is 1. The zero-order chi connectivity index (χ0) is 15.6. The summed E-state index contributed by atoms with van der Waals surface area (Å²) in [4.78, 5) is 3.70. The van der Waals surface area contributed by atoms with Crippen LogP contribution >= 0.6 is 12.2 Å². The fraction of sp³-hybridized carbons (Fsp3) is 0.0769. The molecular formula is C13H12FN3O2S2. The van der Waals surface area contributed by atoms with Gasteiger partial charge in [-0.3, -0.25) is 4.72 Å². The first-order valence-corrected chi connectivity index (χ1v) is 7.74. The maximum absolute atomic E-state index is 13.6. The van der Waals surface area contributed by atoms with Gasteiger partial charge in [0, 0.05) is 11.8 Å². The van der Waals surface area contributed by atoms with Crippen LogP contribution in [0, 0.1) is 12.7 Å². The smallest absolute Gasteiger partial charge is 0.282 e. The van der Waals surface area contributed by atoms with Gasteiger partial charge in [-0.15, -0.1) is 0 Å². The van der Waals surface area contributed by atoms with Crippen molar-refractivity contribution in [2.75, 3.05) is 4.72 Å². The van der Waals surface area contributed by atoms with Crippen molar-refractivity contribution < 1.29 is 12.8 Å². The molecule has 0 aliphatic carbocycles. The molecule has 110 valence electrons. The van der Waals surface area contributed by atoms with Crippen molar-refractivity contribution in [3.63, 3.8) is 0 Å². The highest BCUT2D eigenvalue weighted by molar-refractivity contribution is 7.92. The maximum Gasteiger partial charge on any atom is 0.282 e. The third kappa shape index (κ3) is 3.34. The molecule has 0 radical (unpaired) electrons. The van der Waals surface area contributed by atoms with Gasteiger partial charge >= 0.3 is 0 Å². The number of benzene rings is 1. The fourth-order valence-corrected chi connectivity index (χ4v) is 2.90. The second-order valence-corrected chi connectivity index (χ2v) is 6.33. The summed E-state index contributed by atoms with van der Waals surface area (Å²) < 4.78 is 40.2. The van der Waals surface area contributed by atoms with Crippen molar-refractivity contribution >= 4 is 32.9 Å². The Hall–Kier alpha value is -2.06. The van der Waals surface area contributed by atoms with E-state index < -0.39 is 20.9 Å². The van der Waals surface area contributed by atoms with Crippen LogP contribution in [0.2, 0.25) is 0 Å². The standard InChI is InChI=1S/C13H12FN3O2S2/c1-8-4-5-9(12(15)20)7-11(8)17-21(18,19)13-10(14)3-2-6-16-13/h2-7,17H,1H3,(H2,15,20). The summed E-state index contributed by atoms with van der Waals surface area (Å²) in [6, 6.07) is 7.18. The van der Waals surface area contributed by atoms with Crippen LogP contribution in [0.15, 0.2) is 41.6 Å². The van der Waals surface area contributed by atoms with Crippen LogP contribution in [0.3, 0.4) is 0 Å². The predicted molar refractivity (Wildman–Crippen MR) is 82.1 cm³/mol. The van der Waals surface area contributed by atoms with E-state index in [1.54, 1.807) is 19.1 Å². The van der Waals surface area contributed by atoms with Crippen LogP contribution in [0.25, 0.3) is 0 Å². The number of nitrogens with zero attached hydrogens (tertiary/aromatic N) is 1. The maximum atomic E-state index is 13.6. The van der Waals surface area contributed by atoms with Gasteiger partial charge in [0.1, 0.15) is 4.99 Å². The number of rotatable bonds is 4. The van der Waals surface area contributed by atoms with E-state index in [1.165, 1.54) is 18.3 Å². The lowest BCUT2D eigenvalue weighted by Crippen LogP contribution is -2.17. The number of sulfonamides is 1. The summed E-state index contributed by atoms with van der Waals surface area (Å²) in [5.74, 6) is -0.923. The summed E-state index contributed by atoms with van der Waals surface area (Å²) in [5, 5.41) is -0.662. The Morgan fingerprint density at radius 3 is 2.71 bits per heavy atom. The van der Waals surface area contributed by atoms with E-state index in [4.69, 9.17) is 18.0 Å². The minimum atomic E-state index is -4.13. The van der Waals surface area contributed by atoms with Gasteiger partial charge in [-0.25, -0.2) is 9.37 Å². The second kappa shape index (κ2) is 5.74. The lowest BCUT2D eigenvalue weighted by Gasteiger charge is -2.11. The van der Waals surface area contributed by atoms with Crippen LogP contribution in [0.5, 0.6) is 0 Å². The number of hydrogen-bond acceptors (Lipinski definition) is 4. The average molecular weight is 325 g/mol. The van der Waals surface area contributed by atoms with E-state index in [2.05, 4.69) is 9.71 Å². The molecule has 0 saturated carbocycles. The first-order valence-electron chi connectivity index (χ1n) is 5.85. The summed E-state index contributed by atoms with van der Waals surface area (Å²) in [6.45, 7) is 1.70. The lowest BCUT2D eigenvalue weighted by atomic mass is 10.1. The van der Waals surface area contributed by atoms with E-state index in [1.807, 2.05) is 0 Å². The van der Waals surface area contributed by atoms with E-state index >= 15 is 0 Å². The average Bonchev–Trinajstić information content (AvgIpc) is 2.41. The monoisotopic (exact) mass is 325 g/mol. The van der Waals surface area contributed by atoms with Gasteiger partial charge in [-0.05, 0) is 30.7 Å². The first-order chi connectivity index (χ1) is 9.81. The number of halogens is 1. The number of hydrogen-bond donors (Lipinski definition) is 2. The zero-order valence-corrected chi connectivity index (χ0v) is 12.6. The Labute approximate surface area is 127 Å². The third-order valence-corrected chi connectivity index (χ3v) is 4.28. The summed E-state index contributed by atoms with van der Waals surface area (Å²) >= 11 is 4.85. The molecule has 0 atom stereocenters.